The summed E-state index contributed by atoms with van der Waals surface area (Å²) in [6, 6.07) is 20.9. The molecule has 2 aromatic heterocycles. The first-order chi connectivity index (χ1) is 15.2. The Morgan fingerprint density at radius 1 is 0.935 bits per heavy atom. The maximum absolute atomic E-state index is 14.1. The van der Waals surface area contributed by atoms with Crippen molar-refractivity contribution in [2.24, 2.45) is 5.92 Å². The Balaban J connectivity index is 1.28. The second-order valence-electron chi connectivity index (χ2n) is 8.21. The lowest BCUT2D eigenvalue weighted by atomic mass is 9.90. The van der Waals surface area contributed by atoms with Gasteiger partial charge in [-0.2, -0.15) is 0 Å². The van der Waals surface area contributed by atoms with Crippen LogP contribution in [0.5, 0.6) is 0 Å². The molecule has 0 spiro atoms. The van der Waals surface area contributed by atoms with E-state index in [1.54, 1.807) is 22.7 Å². The van der Waals surface area contributed by atoms with E-state index in [2.05, 4.69) is 29.2 Å². The molecule has 5 rings (SSSR count). The molecule has 0 atom stereocenters. The fraction of sp³-hybridized carbons (Fsp3) is 0.231. The van der Waals surface area contributed by atoms with Crippen LogP contribution in [0.2, 0.25) is 0 Å². The molecule has 1 amide bonds. The van der Waals surface area contributed by atoms with Gasteiger partial charge in [0.05, 0.1) is 0 Å². The summed E-state index contributed by atoms with van der Waals surface area (Å²) in [7, 11) is 0. The number of hydrogen-bond donors (Lipinski definition) is 0. The number of likely N-dealkylation sites (tertiary alicyclic amines) is 1. The molecule has 1 saturated heterocycles. The van der Waals surface area contributed by atoms with Gasteiger partial charge < -0.3 is 9.30 Å². The van der Waals surface area contributed by atoms with Crippen LogP contribution in [0.15, 0.2) is 79.1 Å². The smallest absolute Gasteiger partial charge is 0.274 e. The van der Waals surface area contributed by atoms with E-state index in [1.807, 2.05) is 35.4 Å². The molecule has 0 saturated carbocycles. The van der Waals surface area contributed by atoms with Crippen LogP contribution in [-0.4, -0.2) is 33.3 Å². The van der Waals surface area contributed by atoms with Gasteiger partial charge >= 0.3 is 0 Å². The largest absolute Gasteiger partial charge is 0.337 e. The number of rotatable bonds is 4. The van der Waals surface area contributed by atoms with Crippen LogP contribution in [0, 0.1) is 11.7 Å². The Bertz CT molecular complexity index is 1210. The summed E-state index contributed by atoms with van der Waals surface area (Å²) in [5.41, 5.74) is 3.77. The zero-order valence-corrected chi connectivity index (χ0v) is 17.2. The number of amides is 1. The highest BCUT2D eigenvalue weighted by atomic mass is 19.1. The highest BCUT2D eigenvalue weighted by Gasteiger charge is 2.25. The SMILES string of the molecule is O=C(c1cn2cc(-c3ccccc3F)ccc2n1)N1CCC(Cc2ccccc2)CC1. The molecule has 0 N–H and O–H groups in total. The molecule has 1 aliphatic heterocycles. The number of pyridine rings is 1. The minimum absolute atomic E-state index is 0.0331. The zero-order chi connectivity index (χ0) is 21.2. The molecule has 0 unspecified atom stereocenters. The number of hydrogen-bond acceptors (Lipinski definition) is 2. The normalized spacial score (nSPS) is 14.8. The van der Waals surface area contributed by atoms with Crippen molar-refractivity contribution in [3.05, 3.63) is 96.2 Å². The average molecular weight is 413 g/mol. The molecule has 2 aromatic carbocycles. The standard InChI is InChI=1S/C26H24FN3O/c27-23-9-5-4-8-22(23)21-10-11-25-28-24(18-30(25)17-21)26(31)29-14-12-20(13-15-29)16-19-6-2-1-3-7-19/h1-11,17-18,20H,12-16H2. The molecule has 31 heavy (non-hydrogen) atoms. The Morgan fingerprint density at radius 3 is 2.45 bits per heavy atom. The summed E-state index contributed by atoms with van der Waals surface area (Å²) in [4.78, 5) is 19.4. The second-order valence-corrected chi connectivity index (χ2v) is 8.21. The number of carbonyl (C=O) groups is 1. The van der Waals surface area contributed by atoms with Crippen LogP contribution in [0.3, 0.4) is 0 Å². The van der Waals surface area contributed by atoms with Crippen molar-refractivity contribution in [3.8, 4) is 11.1 Å². The first-order valence-corrected chi connectivity index (χ1v) is 10.7. The van der Waals surface area contributed by atoms with Gasteiger partial charge in [0, 0.05) is 36.6 Å². The fourth-order valence-corrected chi connectivity index (χ4v) is 4.40. The van der Waals surface area contributed by atoms with Gasteiger partial charge in [0.15, 0.2) is 0 Å². The summed E-state index contributed by atoms with van der Waals surface area (Å²) < 4.78 is 15.9. The molecule has 0 bridgehead atoms. The molecule has 156 valence electrons. The van der Waals surface area contributed by atoms with Crippen molar-refractivity contribution >= 4 is 11.6 Å². The van der Waals surface area contributed by atoms with Crippen LogP contribution in [0.1, 0.15) is 28.9 Å². The molecule has 5 heteroatoms. The van der Waals surface area contributed by atoms with Gasteiger partial charge in [-0.15, -0.1) is 0 Å². The number of imidazole rings is 1. The molecule has 1 fully saturated rings. The summed E-state index contributed by atoms with van der Waals surface area (Å²) >= 11 is 0. The molecule has 4 aromatic rings. The minimum Gasteiger partial charge on any atom is -0.337 e. The van der Waals surface area contributed by atoms with Gasteiger partial charge in [-0.3, -0.25) is 4.79 Å². The lowest BCUT2D eigenvalue weighted by Gasteiger charge is -2.31. The first-order valence-electron chi connectivity index (χ1n) is 10.7. The summed E-state index contributed by atoms with van der Waals surface area (Å²) in [6.45, 7) is 1.51. The lowest BCUT2D eigenvalue weighted by molar-refractivity contribution is 0.0685. The van der Waals surface area contributed by atoms with Gasteiger partial charge in [0.2, 0.25) is 0 Å². The molecule has 0 aliphatic carbocycles. The van der Waals surface area contributed by atoms with Crippen molar-refractivity contribution in [3.63, 3.8) is 0 Å². The first kappa shape index (κ1) is 19.5. The monoisotopic (exact) mass is 413 g/mol. The zero-order valence-electron chi connectivity index (χ0n) is 17.2. The van der Waals surface area contributed by atoms with Crippen LogP contribution < -0.4 is 0 Å². The topological polar surface area (TPSA) is 37.6 Å². The van der Waals surface area contributed by atoms with Gasteiger partial charge in [0.25, 0.3) is 5.91 Å². The summed E-state index contributed by atoms with van der Waals surface area (Å²) in [5, 5.41) is 0. The summed E-state index contributed by atoms with van der Waals surface area (Å²) in [5.74, 6) is 0.307. The van der Waals surface area contributed by atoms with Gasteiger partial charge in [-0.1, -0.05) is 48.5 Å². The molecule has 1 aliphatic rings. The number of piperidine rings is 1. The van der Waals surface area contributed by atoms with Gasteiger partial charge in [-0.25, -0.2) is 9.37 Å². The van der Waals surface area contributed by atoms with Crippen molar-refractivity contribution in [1.29, 1.82) is 0 Å². The molecule has 3 heterocycles. The molecule has 0 radical (unpaired) electrons. The van der Waals surface area contributed by atoms with Gasteiger partial charge in [0.1, 0.15) is 17.2 Å². The fourth-order valence-electron chi connectivity index (χ4n) is 4.40. The van der Waals surface area contributed by atoms with E-state index in [0.29, 0.717) is 22.8 Å². The van der Waals surface area contributed by atoms with E-state index < -0.39 is 0 Å². The van der Waals surface area contributed by atoms with Crippen molar-refractivity contribution in [1.82, 2.24) is 14.3 Å². The van der Waals surface area contributed by atoms with E-state index >= 15 is 0 Å². The van der Waals surface area contributed by atoms with Crippen LogP contribution in [-0.2, 0) is 6.42 Å². The predicted molar refractivity (Wildman–Crippen MR) is 119 cm³/mol. The third kappa shape index (κ3) is 4.08. The maximum atomic E-state index is 14.1. The van der Waals surface area contributed by atoms with Crippen molar-refractivity contribution in [2.75, 3.05) is 13.1 Å². The highest BCUT2D eigenvalue weighted by Crippen LogP contribution is 2.25. The number of halogens is 1. The Labute approximate surface area is 181 Å². The number of nitrogens with zero attached hydrogens (tertiary/aromatic N) is 3. The van der Waals surface area contributed by atoms with Crippen molar-refractivity contribution < 1.29 is 9.18 Å². The number of aromatic nitrogens is 2. The van der Waals surface area contributed by atoms with Crippen LogP contribution >= 0.6 is 0 Å². The highest BCUT2D eigenvalue weighted by molar-refractivity contribution is 5.93. The lowest BCUT2D eigenvalue weighted by Crippen LogP contribution is -2.39. The van der Waals surface area contributed by atoms with E-state index in [4.69, 9.17) is 0 Å². The average Bonchev–Trinajstić information content (AvgIpc) is 3.23. The second kappa shape index (κ2) is 8.34. The molecular formula is C26H24FN3O. The maximum Gasteiger partial charge on any atom is 0.274 e. The Kier molecular flexibility index (Phi) is 5.24. The Morgan fingerprint density at radius 2 is 1.68 bits per heavy atom. The van der Waals surface area contributed by atoms with E-state index in [9.17, 15) is 9.18 Å². The van der Waals surface area contributed by atoms with E-state index in [-0.39, 0.29) is 11.7 Å². The van der Waals surface area contributed by atoms with Crippen LogP contribution in [0.25, 0.3) is 16.8 Å². The Hall–Kier alpha value is -3.47. The van der Waals surface area contributed by atoms with E-state index in [1.165, 1.54) is 11.6 Å². The quantitative estimate of drug-likeness (QED) is 0.459. The minimum atomic E-state index is -0.267. The molecule has 4 nitrogen and oxygen atoms in total. The molecular weight excluding hydrogens is 389 g/mol. The van der Waals surface area contributed by atoms with Crippen molar-refractivity contribution in [2.45, 2.75) is 19.3 Å². The van der Waals surface area contributed by atoms with Crippen LogP contribution in [0.4, 0.5) is 4.39 Å². The van der Waals surface area contributed by atoms with Gasteiger partial charge in [-0.05, 0) is 48.9 Å². The summed E-state index contributed by atoms with van der Waals surface area (Å²) in [6.07, 6.45) is 6.65. The van der Waals surface area contributed by atoms with E-state index in [0.717, 1.165) is 37.9 Å². The number of benzene rings is 2. The number of fused-ring (bicyclic) bond motifs is 1. The third-order valence-electron chi connectivity index (χ3n) is 6.12. The number of carbonyl (C=O) groups excluding carboxylic acids is 1. The predicted octanol–water partition coefficient (Wildman–Crippen LogP) is 5.24. The third-order valence-corrected chi connectivity index (χ3v) is 6.12.